The van der Waals surface area contributed by atoms with Crippen molar-refractivity contribution < 1.29 is 37.0 Å². The minimum atomic E-state index is -5.11. The van der Waals surface area contributed by atoms with E-state index in [1.165, 1.54) is 29.6 Å². The highest BCUT2D eigenvalue weighted by atomic mass is 19.4. The van der Waals surface area contributed by atoms with E-state index in [0.29, 0.717) is 31.9 Å². The third kappa shape index (κ3) is 7.54. The Balaban J connectivity index is 1.47. The fourth-order valence-electron chi connectivity index (χ4n) is 3.47. The van der Waals surface area contributed by atoms with Gasteiger partial charge in [-0.25, -0.2) is 0 Å². The SMILES string of the molecule is N=C(NC(=O)C(F)(F)F)c1ccc(C(=O)NCCC2COCCN2C(=O)COc2ccccc2)cc1. The number of alkyl halides is 3. The van der Waals surface area contributed by atoms with Crippen molar-refractivity contribution in [3.05, 3.63) is 65.7 Å². The van der Waals surface area contributed by atoms with Gasteiger partial charge in [-0.1, -0.05) is 30.3 Å². The smallest absolute Gasteiger partial charge is 0.471 e. The second-order valence-electron chi connectivity index (χ2n) is 7.87. The molecular formula is C24H25F3N4O5. The first kappa shape index (κ1) is 26.7. The second-order valence-corrected chi connectivity index (χ2v) is 7.87. The minimum Gasteiger partial charge on any atom is -0.484 e. The van der Waals surface area contributed by atoms with Crippen LogP contribution >= 0.6 is 0 Å². The molecule has 1 aliphatic heterocycles. The maximum atomic E-state index is 12.7. The number of nitrogens with one attached hydrogen (secondary N) is 3. The van der Waals surface area contributed by atoms with Gasteiger partial charge in [-0.05, 0) is 30.7 Å². The molecule has 9 nitrogen and oxygen atoms in total. The van der Waals surface area contributed by atoms with Gasteiger partial charge in [0.15, 0.2) is 6.61 Å². The van der Waals surface area contributed by atoms with Crippen molar-refractivity contribution in [1.29, 1.82) is 5.41 Å². The van der Waals surface area contributed by atoms with Crippen LogP contribution in [0.3, 0.4) is 0 Å². The number of morpholine rings is 1. The lowest BCUT2D eigenvalue weighted by Gasteiger charge is -2.35. The van der Waals surface area contributed by atoms with Crippen molar-refractivity contribution in [3.63, 3.8) is 0 Å². The van der Waals surface area contributed by atoms with E-state index < -0.39 is 23.8 Å². The van der Waals surface area contributed by atoms with Gasteiger partial charge in [-0.3, -0.25) is 19.8 Å². The van der Waals surface area contributed by atoms with Gasteiger partial charge in [0.25, 0.3) is 11.8 Å². The van der Waals surface area contributed by atoms with Crippen LogP contribution in [0.5, 0.6) is 5.75 Å². The predicted octanol–water partition coefficient (Wildman–Crippen LogP) is 2.12. The summed E-state index contributed by atoms with van der Waals surface area (Å²) >= 11 is 0. The summed E-state index contributed by atoms with van der Waals surface area (Å²) in [6.07, 6.45) is -4.67. The number of amidine groups is 1. The van der Waals surface area contributed by atoms with Crippen LogP contribution in [-0.4, -0.2) is 73.6 Å². The van der Waals surface area contributed by atoms with Crippen molar-refractivity contribution >= 4 is 23.6 Å². The van der Waals surface area contributed by atoms with Gasteiger partial charge in [0.1, 0.15) is 11.6 Å². The molecule has 192 valence electrons. The molecular weight excluding hydrogens is 481 g/mol. The van der Waals surface area contributed by atoms with Crippen LogP contribution < -0.4 is 15.4 Å². The maximum Gasteiger partial charge on any atom is 0.471 e. The number of benzene rings is 2. The van der Waals surface area contributed by atoms with Gasteiger partial charge in [0, 0.05) is 24.2 Å². The lowest BCUT2D eigenvalue weighted by Crippen LogP contribution is -2.51. The molecule has 0 saturated carbocycles. The van der Waals surface area contributed by atoms with E-state index in [9.17, 15) is 27.6 Å². The zero-order valence-electron chi connectivity index (χ0n) is 19.1. The molecule has 1 fully saturated rings. The standard InChI is InChI=1S/C24H25F3N4O5/c25-24(26,27)23(34)30-21(28)16-6-8-17(9-7-16)22(33)29-11-10-18-14-35-13-12-31(18)20(32)15-36-19-4-2-1-3-5-19/h1-9,18H,10-15H2,(H,29,33)(H2,28,30,34). The highest BCUT2D eigenvalue weighted by Gasteiger charge is 2.39. The quantitative estimate of drug-likeness (QED) is 0.374. The molecule has 3 rings (SSSR count). The number of amides is 3. The van der Waals surface area contributed by atoms with E-state index in [4.69, 9.17) is 14.9 Å². The van der Waals surface area contributed by atoms with E-state index in [1.54, 1.807) is 17.0 Å². The number of hydrogen-bond acceptors (Lipinski definition) is 6. The number of carbonyl (C=O) groups excluding carboxylic acids is 3. The molecule has 0 radical (unpaired) electrons. The molecule has 1 unspecified atom stereocenters. The first-order chi connectivity index (χ1) is 17.1. The van der Waals surface area contributed by atoms with E-state index in [1.807, 2.05) is 18.2 Å². The Hall–Kier alpha value is -3.93. The summed E-state index contributed by atoms with van der Waals surface area (Å²) in [7, 11) is 0. The average Bonchev–Trinajstić information content (AvgIpc) is 2.87. The van der Waals surface area contributed by atoms with Crippen LogP contribution in [0.1, 0.15) is 22.3 Å². The molecule has 12 heteroatoms. The van der Waals surface area contributed by atoms with Crippen molar-refractivity contribution in [2.24, 2.45) is 0 Å². The Morgan fingerprint density at radius 3 is 2.39 bits per heavy atom. The zero-order chi connectivity index (χ0) is 26.1. The third-order valence-electron chi connectivity index (χ3n) is 5.35. The highest BCUT2D eigenvalue weighted by molar-refractivity contribution is 6.08. The van der Waals surface area contributed by atoms with Crippen LogP contribution in [0.15, 0.2) is 54.6 Å². The summed E-state index contributed by atoms with van der Waals surface area (Å²) < 4.78 is 48.0. The van der Waals surface area contributed by atoms with Gasteiger partial charge in [-0.15, -0.1) is 0 Å². The zero-order valence-corrected chi connectivity index (χ0v) is 19.1. The lowest BCUT2D eigenvalue weighted by molar-refractivity contribution is -0.171. The molecule has 2 aromatic carbocycles. The number of ether oxygens (including phenoxy) is 2. The molecule has 36 heavy (non-hydrogen) atoms. The summed E-state index contributed by atoms with van der Waals surface area (Å²) in [4.78, 5) is 37.7. The van der Waals surface area contributed by atoms with Crippen LogP contribution in [0.2, 0.25) is 0 Å². The minimum absolute atomic E-state index is 0.00961. The van der Waals surface area contributed by atoms with Crippen molar-refractivity contribution in [1.82, 2.24) is 15.5 Å². The largest absolute Gasteiger partial charge is 0.484 e. The Morgan fingerprint density at radius 2 is 1.72 bits per heavy atom. The van der Waals surface area contributed by atoms with Gasteiger partial charge < -0.3 is 25.0 Å². The van der Waals surface area contributed by atoms with Gasteiger partial charge >= 0.3 is 12.1 Å². The molecule has 0 aromatic heterocycles. The van der Waals surface area contributed by atoms with Crippen molar-refractivity contribution in [2.75, 3.05) is 32.9 Å². The van der Waals surface area contributed by atoms with Gasteiger partial charge in [-0.2, -0.15) is 13.2 Å². The van der Waals surface area contributed by atoms with Gasteiger partial charge in [0.05, 0.1) is 19.3 Å². The summed E-state index contributed by atoms with van der Waals surface area (Å²) in [6.45, 7) is 1.28. The molecule has 1 heterocycles. The summed E-state index contributed by atoms with van der Waals surface area (Å²) in [5, 5.41) is 11.8. The summed E-state index contributed by atoms with van der Waals surface area (Å²) in [5.74, 6) is -3.02. The normalized spacial score (nSPS) is 15.6. The van der Waals surface area contributed by atoms with Crippen LogP contribution in [0.25, 0.3) is 0 Å². The maximum absolute atomic E-state index is 12.7. The number of hydrogen-bond donors (Lipinski definition) is 3. The molecule has 1 atom stereocenters. The van der Waals surface area contributed by atoms with Crippen molar-refractivity contribution in [3.8, 4) is 5.75 Å². The summed E-state index contributed by atoms with van der Waals surface area (Å²) in [6, 6.07) is 13.9. The number of rotatable bonds is 8. The fourth-order valence-corrected chi connectivity index (χ4v) is 3.47. The topological polar surface area (TPSA) is 121 Å². The van der Waals surface area contributed by atoms with Crippen LogP contribution in [-0.2, 0) is 14.3 Å². The first-order valence-corrected chi connectivity index (χ1v) is 11.1. The number of halogens is 3. The molecule has 0 bridgehead atoms. The Morgan fingerprint density at radius 1 is 1.06 bits per heavy atom. The van der Waals surface area contributed by atoms with E-state index in [-0.39, 0.29) is 36.2 Å². The Kier molecular flexibility index (Phi) is 9.01. The van der Waals surface area contributed by atoms with Crippen LogP contribution in [0.4, 0.5) is 13.2 Å². The highest BCUT2D eigenvalue weighted by Crippen LogP contribution is 2.15. The summed E-state index contributed by atoms with van der Waals surface area (Å²) in [5.41, 5.74) is 0.230. The van der Waals surface area contributed by atoms with E-state index in [0.717, 1.165) is 0 Å². The van der Waals surface area contributed by atoms with Crippen molar-refractivity contribution in [2.45, 2.75) is 18.6 Å². The first-order valence-electron chi connectivity index (χ1n) is 11.1. The van der Waals surface area contributed by atoms with E-state index >= 15 is 0 Å². The Labute approximate surface area is 205 Å². The molecule has 0 spiro atoms. The third-order valence-corrected chi connectivity index (χ3v) is 5.35. The predicted molar refractivity (Wildman–Crippen MR) is 123 cm³/mol. The molecule has 0 aliphatic carbocycles. The number of nitrogens with zero attached hydrogens (tertiary/aromatic N) is 1. The number of para-hydroxylation sites is 1. The lowest BCUT2D eigenvalue weighted by atomic mass is 10.1. The van der Waals surface area contributed by atoms with Crippen LogP contribution in [0, 0.1) is 5.41 Å². The number of carbonyl (C=O) groups is 3. The molecule has 3 amide bonds. The Bertz CT molecular complexity index is 1080. The average molecular weight is 506 g/mol. The molecule has 1 aliphatic rings. The second kappa shape index (κ2) is 12.2. The molecule has 3 N–H and O–H groups in total. The van der Waals surface area contributed by atoms with Gasteiger partial charge in [0.2, 0.25) is 0 Å². The van der Waals surface area contributed by atoms with E-state index in [2.05, 4.69) is 5.32 Å². The fraction of sp³-hybridized carbons (Fsp3) is 0.333. The monoisotopic (exact) mass is 506 g/mol. The molecule has 1 saturated heterocycles. The molecule has 2 aromatic rings.